The lowest BCUT2D eigenvalue weighted by Gasteiger charge is -2.09. The highest BCUT2D eigenvalue weighted by atomic mass is 19.4. The molecule has 0 spiro atoms. The number of halogens is 3. The number of benzene rings is 2. The Morgan fingerprint density at radius 1 is 0.719 bits per heavy atom. The van der Waals surface area contributed by atoms with E-state index in [1.165, 1.54) is 12.3 Å². The van der Waals surface area contributed by atoms with Crippen LogP contribution in [0.25, 0.3) is 40.0 Å². The summed E-state index contributed by atoms with van der Waals surface area (Å²) in [7, 11) is 0. The molecule has 5 aromatic rings. The third kappa shape index (κ3) is 3.76. The van der Waals surface area contributed by atoms with Gasteiger partial charge in [0.1, 0.15) is 0 Å². The lowest BCUT2D eigenvalue weighted by atomic mass is 10.1. The number of alkyl halides is 3. The molecule has 0 amide bonds. The Bertz CT molecular complexity index is 1340. The van der Waals surface area contributed by atoms with Crippen molar-refractivity contribution < 1.29 is 17.6 Å². The van der Waals surface area contributed by atoms with Crippen LogP contribution in [0.5, 0.6) is 0 Å². The van der Waals surface area contributed by atoms with Crippen molar-refractivity contribution >= 4 is 0 Å². The van der Waals surface area contributed by atoms with E-state index in [4.69, 9.17) is 4.42 Å². The van der Waals surface area contributed by atoms with Gasteiger partial charge in [-0.1, -0.05) is 48.5 Å². The molecule has 0 bridgehead atoms. The fourth-order valence-corrected chi connectivity index (χ4v) is 3.18. The molecule has 0 radical (unpaired) electrons. The van der Waals surface area contributed by atoms with E-state index in [9.17, 15) is 13.2 Å². The quantitative estimate of drug-likeness (QED) is 0.365. The summed E-state index contributed by atoms with van der Waals surface area (Å²) in [6.45, 7) is 0. The molecule has 6 nitrogen and oxygen atoms in total. The minimum Gasteiger partial charge on any atom is -0.416 e. The first-order valence-corrected chi connectivity index (χ1v) is 9.57. The van der Waals surface area contributed by atoms with E-state index < -0.39 is 11.9 Å². The maximum absolute atomic E-state index is 13.6. The standard InChI is InChI=1S/C23H14F3N5O/c24-23(25,26)19-13-18(15-7-3-1-4-8-15)30-31(19)20-12-11-17(14-27-20)22-29-28-21(32-22)16-9-5-2-6-10-16/h1-14H. The van der Waals surface area contributed by atoms with E-state index in [0.29, 0.717) is 17.0 Å². The third-order valence-corrected chi connectivity index (χ3v) is 4.73. The molecule has 0 aliphatic carbocycles. The average Bonchev–Trinajstić information content (AvgIpc) is 3.49. The first kappa shape index (κ1) is 19.7. The van der Waals surface area contributed by atoms with Crippen molar-refractivity contribution in [3.63, 3.8) is 0 Å². The number of hydrogen-bond donors (Lipinski definition) is 0. The summed E-state index contributed by atoms with van der Waals surface area (Å²) in [4.78, 5) is 4.16. The lowest BCUT2D eigenvalue weighted by molar-refractivity contribution is -0.142. The largest absolute Gasteiger partial charge is 0.433 e. The summed E-state index contributed by atoms with van der Waals surface area (Å²) < 4.78 is 47.4. The van der Waals surface area contributed by atoms with Gasteiger partial charge in [-0.2, -0.15) is 18.3 Å². The minimum absolute atomic E-state index is 0.0195. The molecule has 0 saturated carbocycles. The van der Waals surface area contributed by atoms with Gasteiger partial charge in [0.25, 0.3) is 0 Å². The highest BCUT2D eigenvalue weighted by Gasteiger charge is 2.36. The fourth-order valence-electron chi connectivity index (χ4n) is 3.18. The molecular weight excluding hydrogens is 419 g/mol. The van der Waals surface area contributed by atoms with Gasteiger partial charge in [0, 0.05) is 17.3 Å². The molecule has 5 rings (SSSR count). The Kier molecular flexibility index (Phi) is 4.78. The first-order chi connectivity index (χ1) is 15.5. The number of rotatable bonds is 4. The molecule has 0 aliphatic heterocycles. The molecule has 0 N–H and O–H groups in total. The maximum Gasteiger partial charge on any atom is 0.433 e. The van der Waals surface area contributed by atoms with Crippen LogP contribution in [0.15, 0.2) is 89.5 Å². The molecule has 32 heavy (non-hydrogen) atoms. The average molecular weight is 433 g/mol. The number of pyridine rings is 1. The van der Waals surface area contributed by atoms with E-state index in [0.717, 1.165) is 16.3 Å². The van der Waals surface area contributed by atoms with Crippen molar-refractivity contribution in [2.45, 2.75) is 6.18 Å². The zero-order valence-corrected chi connectivity index (χ0v) is 16.4. The Morgan fingerprint density at radius 2 is 1.34 bits per heavy atom. The first-order valence-electron chi connectivity index (χ1n) is 9.57. The van der Waals surface area contributed by atoms with Gasteiger partial charge >= 0.3 is 6.18 Å². The van der Waals surface area contributed by atoms with E-state index in [2.05, 4.69) is 20.3 Å². The van der Waals surface area contributed by atoms with Crippen molar-refractivity contribution in [1.29, 1.82) is 0 Å². The summed E-state index contributed by atoms with van der Waals surface area (Å²) in [6, 6.07) is 21.9. The van der Waals surface area contributed by atoms with Crippen molar-refractivity contribution in [1.82, 2.24) is 25.0 Å². The molecule has 0 unspecified atom stereocenters. The van der Waals surface area contributed by atoms with E-state index in [-0.39, 0.29) is 17.4 Å². The fraction of sp³-hybridized carbons (Fsp3) is 0.0435. The van der Waals surface area contributed by atoms with Crippen LogP contribution in [0.2, 0.25) is 0 Å². The van der Waals surface area contributed by atoms with Gasteiger partial charge in [-0.05, 0) is 30.3 Å². The molecule has 2 aromatic carbocycles. The monoisotopic (exact) mass is 433 g/mol. The van der Waals surface area contributed by atoms with Crippen LogP contribution in [-0.2, 0) is 6.18 Å². The Labute approximate surface area is 180 Å². The van der Waals surface area contributed by atoms with Crippen LogP contribution >= 0.6 is 0 Å². The Hall–Kier alpha value is -4.27. The summed E-state index contributed by atoms with van der Waals surface area (Å²) in [5.41, 5.74) is 1.10. The van der Waals surface area contributed by atoms with Gasteiger partial charge in [-0.3, -0.25) is 0 Å². The third-order valence-electron chi connectivity index (χ3n) is 4.73. The van der Waals surface area contributed by atoms with Crippen molar-refractivity contribution in [2.75, 3.05) is 0 Å². The van der Waals surface area contributed by atoms with E-state index in [1.54, 1.807) is 36.4 Å². The lowest BCUT2D eigenvalue weighted by Crippen LogP contribution is -2.14. The van der Waals surface area contributed by atoms with Crippen LogP contribution in [0.4, 0.5) is 13.2 Å². The molecule has 0 atom stereocenters. The van der Waals surface area contributed by atoms with Gasteiger partial charge in [-0.25, -0.2) is 9.67 Å². The summed E-state index contributed by atoms with van der Waals surface area (Å²) in [6.07, 6.45) is -3.22. The summed E-state index contributed by atoms with van der Waals surface area (Å²) in [5, 5.41) is 12.2. The normalized spacial score (nSPS) is 11.6. The minimum atomic E-state index is -4.60. The molecule has 3 heterocycles. The molecule has 0 saturated heterocycles. The van der Waals surface area contributed by atoms with E-state index >= 15 is 0 Å². The van der Waals surface area contributed by atoms with Crippen LogP contribution in [0.3, 0.4) is 0 Å². The molecule has 158 valence electrons. The summed E-state index contributed by atoms with van der Waals surface area (Å²) >= 11 is 0. The number of aromatic nitrogens is 5. The van der Waals surface area contributed by atoms with Crippen molar-refractivity contribution in [3.05, 3.63) is 90.8 Å². The Balaban J connectivity index is 1.49. The van der Waals surface area contributed by atoms with Crippen molar-refractivity contribution in [3.8, 4) is 40.0 Å². The molecule has 0 aliphatic rings. The van der Waals surface area contributed by atoms with Gasteiger partial charge < -0.3 is 4.42 Å². The summed E-state index contributed by atoms with van der Waals surface area (Å²) in [5.74, 6) is 0.569. The van der Waals surface area contributed by atoms with Crippen LogP contribution in [0.1, 0.15) is 5.69 Å². The topological polar surface area (TPSA) is 69.6 Å². The van der Waals surface area contributed by atoms with Gasteiger partial charge in [0.2, 0.25) is 11.8 Å². The molecule has 0 fully saturated rings. The zero-order valence-electron chi connectivity index (χ0n) is 16.4. The predicted octanol–water partition coefficient (Wildman–Crippen LogP) is 5.67. The number of nitrogens with zero attached hydrogens (tertiary/aromatic N) is 5. The molecule has 9 heteroatoms. The van der Waals surface area contributed by atoms with Gasteiger partial charge in [0.05, 0.1) is 11.3 Å². The van der Waals surface area contributed by atoms with Crippen LogP contribution in [0, 0.1) is 0 Å². The second-order valence-electron chi connectivity index (χ2n) is 6.87. The maximum atomic E-state index is 13.6. The predicted molar refractivity (Wildman–Crippen MR) is 111 cm³/mol. The molecule has 3 aromatic heterocycles. The highest BCUT2D eigenvalue weighted by Crippen LogP contribution is 2.34. The SMILES string of the molecule is FC(F)(F)c1cc(-c2ccccc2)nn1-c1ccc(-c2nnc(-c3ccccc3)o2)cn1. The van der Waals surface area contributed by atoms with Gasteiger partial charge in [0.15, 0.2) is 11.5 Å². The second kappa shape index (κ2) is 7.77. The smallest absolute Gasteiger partial charge is 0.416 e. The second-order valence-corrected chi connectivity index (χ2v) is 6.87. The highest BCUT2D eigenvalue weighted by molar-refractivity contribution is 5.61. The van der Waals surface area contributed by atoms with Crippen molar-refractivity contribution in [2.24, 2.45) is 0 Å². The molecular formula is C23H14F3N5O. The zero-order chi connectivity index (χ0) is 22.1. The van der Waals surface area contributed by atoms with Crippen LogP contribution < -0.4 is 0 Å². The van der Waals surface area contributed by atoms with Gasteiger partial charge in [-0.15, -0.1) is 10.2 Å². The van der Waals surface area contributed by atoms with E-state index in [1.807, 2.05) is 30.3 Å². The Morgan fingerprint density at radius 3 is 1.94 bits per heavy atom. The number of hydrogen-bond acceptors (Lipinski definition) is 5. The van der Waals surface area contributed by atoms with Crippen LogP contribution in [-0.4, -0.2) is 25.0 Å².